The Morgan fingerprint density at radius 2 is 1.88 bits per heavy atom. The molecule has 0 spiro atoms. The lowest BCUT2D eigenvalue weighted by molar-refractivity contribution is -0.181. The molecule has 1 saturated heterocycles. The third-order valence-corrected chi connectivity index (χ3v) is 3.90. The maximum atomic E-state index is 12.8. The molecule has 146 valence electrons. The van der Waals surface area contributed by atoms with E-state index in [4.69, 9.17) is 0 Å². The summed E-state index contributed by atoms with van der Waals surface area (Å²) in [6.07, 6.45) is -2.57. The lowest BCUT2D eigenvalue weighted by Crippen LogP contribution is -2.56. The summed E-state index contributed by atoms with van der Waals surface area (Å²) in [5.74, 6) is 0.377. The van der Waals surface area contributed by atoms with Crippen LogP contribution in [0.5, 0.6) is 0 Å². The highest BCUT2D eigenvalue weighted by molar-refractivity contribution is 14.0. The molecule has 6 nitrogen and oxygen atoms in total. The van der Waals surface area contributed by atoms with Gasteiger partial charge in [0.2, 0.25) is 5.91 Å². The second-order valence-electron chi connectivity index (χ2n) is 5.84. The summed E-state index contributed by atoms with van der Waals surface area (Å²) in [5.41, 5.74) is 0. The SMILES string of the molecule is C=CCNC(=NCC(=O)N(C)C)N1CCN(C(C)C(F)(F)F)CC1.I. The molecule has 1 unspecified atom stereocenters. The number of alkyl halides is 3. The standard InChI is InChI=1S/C15H26F3N5O.HI/c1-5-6-19-14(20-11-13(24)21(3)4)23-9-7-22(8-10-23)12(2)15(16,17)18;/h5,12H,1,6-11H2,2-4H3,(H,19,20);1H. The van der Waals surface area contributed by atoms with Crippen LogP contribution in [-0.2, 0) is 4.79 Å². The minimum Gasteiger partial charge on any atom is -0.353 e. The molecule has 0 aromatic carbocycles. The molecule has 25 heavy (non-hydrogen) atoms. The van der Waals surface area contributed by atoms with Crippen molar-refractivity contribution in [2.75, 3.05) is 53.4 Å². The molecule has 1 amide bonds. The molecule has 1 rings (SSSR count). The number of nitrogens with one attached hydrogen (secondary N) is 1. The van der Waals surface area contributed by atoms with Gasteiger partial charge in [0, 0.05) is 46.8 Å². The monoisotopic (exact) mass is 477 g/mol. The van der Waals surface area contributed by atoms with Gasteiger partial charge in [0.05, 0.1) is 0 Å². The minimum absolute atomic E-state index is 0. The summed E-state index contributed by atoms with van der Waals surface area (Å²) in [6.45, 7) is 6.66. The summed E-state index contributed by atoms with van der Waals surface area (Å²) in [6, 6.07) is -1.46. The number of rotatable bonds is 5. The Kier molecular flexibility index (Phi) is 10.4. The van der Waals surface area contributed by atoms with Crippen LogP contribution in [0, 0.1) is 0 Å². The zero-order valence-electron chi connectivity index (χ0n) is 14.8. The average molecular weight is 477 g/mol. The molecular weight excluding hydrogens is 450 g/mol. The summed E-state index contributed by atoms with van der Waals surface area (Å²) < 4.78 is 38.4. The van der Waals surface area contributed by atoms with Gasteiger partial charge in [0.15, 0.2) is 5.96 Å². The highest BCUT2D eigenvalue weighted by Crippen LogP contribution is 2.25. The molecular formula is C15H27F3IN5O. The van der Waals surface area contributed by atoms with E-state index in [-0.39, 0.29) is 49.5 Å². The molecule has 1 fully saturated rings. The first-order valence-corrected chi connectivity index (χ1v) is 7.82. The second kappa shape index (κ2) is 10.8. The Hall–Kier alpha value is -1.04. The lowest BCUT2D eigenvalue weighted by atomic mass is 10.2. The van der Waals surface area contributed by atoms with Crippen LogP contribution in [-0.4, -0.2) is 92.1 Å². The fourth-order valence-corrected chi connectivity index (χ4v) is 2.24. The summed E-state index contributed by atoms with van der Waals surface area (Å²) in [5, 5.41) is 3.05. The normalized spacial score (nSPS) is 17.5. The molecule has 0 aromatic heterocycles. The molecule has 1 aliphatic rings. The van der Waals surface area contributed by atoms with Crippen molar-refractivity contribution in [1.82, 2.24) is 20.0 Å². The zero-order valence-corrected chi connectivity index (χ0v) is 17.2. The topological polar surface area (TPSA) is 51.2 Å². The van der Waals surface area contributed by atoms with Gasteiger partial charge in [-0.05, 0) is 6.92 Å². The first-order chi connectivity index (χ1) is 11.2. The van der Waals surface area contributed by atoms with Gasteiger partial charge in [-0.3, -0.25) is 9.69 Å². The van der Waals surface area contributed by atoms with Gasteiger partial charge in [-0.1, -0.05) is 6.08 Å². The van der Waals surface area contributed by atoms with E-state index in [1.54, 1.807) is 20.2 Å². The molecule has 0 aromatic rings. The van der Waals surface area contributed by atoms with Gasteiger partial charge in [-0.2, -0.15) is 13.2 Å². The second-order valence-corrected chi connectivity index (χ2v) is 5.84. The van der Waals surface area contributed by atoms with Crippen molar-refractivity contribution in [2.45, 2.75) is 19.1 Å². The van der Waals surface area contributed by atoms with Crippen LogP contribution in [0.2, 0.25) is 0 Å². The molecule has 0 radical (unpaired) electrons. The third kappa shape index (κ3) is 7.80. The predicted octanol–water partition coefficient (Wildman–Crippen LogP) is 1.39. The molecule has 0 saturated carbocycles. The van der Waals surface area contributed by atoms with Crippen molar-refractivity contribution in [1.29, 1.82) is 0 Å². The van der Waals surface area contributed by atoms with E-state index in [0.717, 1.165) is 0 Å². The third-order valence-electron chi connectivity index (χ3n) is 3.90. The van der Waals surface area contributed by atoms with Crippen molar-refractivity contribution in [3.05, 3.63) is 12.7 Å². The Morgan fingerprint density at radius 1 is 1.32 bits per heavy atom. The predicted molar refractivity (Wildman–Crippen MR) is 103 cm³/mol. The minimum atomic E-state index is -4.22. The van der Waals surface area contributed by atoms with Crippen LogP contribution in [0.25, 0.3) is 0 Å². The van der Waals surface area contributed by atoms with Crippen LogP contribution in [0.15, 0.2) is 17.6 Å². The number of likely N-dealkylation sites (N-methyl/N-ethyl adjacent to an activating group) is 1. The molecule has 10 heteroatoms. The fourth-order valence-electron chi connectivity index (χ4n) is 2.24. The highest BCUT2D eigenvalue weighted by atomic mass is 127. The van der Waals surface area contributed by atoms with Gasteiger partial charge >= 0.3 is 6.18 Å². The average Bonchev–Trinajstić information content (AvgIpc) is 2.53. The van der Waals surface area contributed by atoms with E-state index in [9.17, 15) is 18.0 Å². The molecule has 1 atom stereocenters. The fraction of sp³-hybridized carbons (Fsp3) is 0.733. The number of hydrogen-bond acceptors (Lipinski definition) is 3. The Balaban J connectivity index is 0.00000576. The molecule has 0 aliphatic carbocycles. The van der Waals surface area contributed by atoms with Gasteiger partial charge in [-0.15, -0.1) is 30.6 Å². The Morgan fingerprint density at radius 3 is 2.32 bits per heavy atom. The Labute approximate surface area is 164 Å². The van der Waals surface area contributed by atoms with E-state index in [2.05, 4.69) is 16.9 Å². The number of nitrogens with zero attached hydrogens (tertiary/aromatic N) is 4. The van der Waals surface area contributed by atoms with Gasteiger partial charge in [0.1, 0.15) is 12.6 Å². The Bertz CT molecular complexity index is 463. The number of guanidine groups is 1. The number of carbonyl (C=O) groups is 1. The van der Waals surface area contributed by atoms with Gasteiger partial charge < -0.3 is 15.1 Å². The first kappa shape index (κ1) is 24.0. The van der Waals surface area contributed by atoms with E-state index in [1.807, 2.05) is 4.90 Å². The number of piperazine rings is 1. The van der Waals surface area contributed by atoms with Crippen LogP contribution >= 0.6 is 24.0 Å². The lowest BCUT2D eigenvalue weighted by Gasteiger charge is -2.39. The van der Waals surface area contributed by atoms with Crippen molar-refractivity contribution in [2.24, 2.45) is 4.99 Å². The van der Waals surface area contributed by atoms with Crippen LogP contribution in [0.4, 0.5) is 13.2 Å². The first-order valence-electron chi connectivity index (χ1n) is 7.82. The highest BCUT2D eigenvalue weighted by Gasteiger charge is 2.41. The maximum Gasteiger partial charge on any atom is 0.403 e. The number of amides is 1. The van der Waals surface area contributed by atoms with Gasteiger partial charge in [-0.25, -0.2) is 4.99 Å². The molecule has 1 N–H and O–H groups in total. The number of halogens is 4. The maximum absolute atomic E-state index is 12.8. The summed E-state index contributed by atoms with van der Waals surface area (Å²) >= 11 is 0. The van der Waals surface area contributed by atoms with Crippen molar-refractivity contribution in [3.8, 4) is 0 Å². The van der Waals surface area contributed by atoms with Crippen LogP contribution in [0.1, 0.15) is 6.92 Å². The molecule has 1 heterocycles. The van der Waals surface area contributed by atoms with E-state index >= 15 is 0 Å². The van der Waals surface area contributed by atoms with Gasteiger partial charge in [0.25, 0.3) is 0 Å². The number of hydrogen-bond donors (Lipinski definition) is 1. The number of aliphatic imine (C=N–C) groups is 1. The van der Waals surface area contributed by atoms with Crippen LogP contribution in [0.3, 0.4) is 0 Å². The quantitative estimate of drug-likeness (QED) is 0.282. The van der Waals surface area contributed by atoms with Crippen molar-refractivity contribution >= 4 is 35.8 Å². The van der Waals surface area contributed by atoms with Crippen molar-refractivity contribution in [3.63, 3.8) is 0 Å². The largest absolute Gasteiger partial charge is 0.403 e. The smallest absolute Gasteiger partial charge is 0.353 e. The zero-order chi connectivity index (χ0) is 18.3. The van der Waals surface area contributed by atoms with E-state index in [1.165, 1.54) is 16.7 Å². The number of carbonyl (C=O) groups excluding carboxylic acids is 1. The summed E-state index contributed by atoms with van der Waals surface area (Å²) in [4.78, 5) is 20.7. The van der Waals surface area contributed by atoms with E-state index < -0.39 is 12.2 Å². The molecule has 1 aliphatic heterocycles. The summed E-state index contributed by atoms with van der Waals surface area (Å²) in [7, 11) is 3.29. The van der Waals surface area contributed by atoms with Crippen molar-refractivity contribution < 1.29 is 18.0 Å². The van der Waals surface area contributed by atoms with E-state index in [0.29, 0.717) is 25.6 Å². The molecule has 0 bridgehead atoms. The van der Waals surface area contributed by atoms with Crippen LogP contribution < -0.4 is 5.32 Å².